The van der Waals surface area contributed by atoms with Crippen LogP contribution >= 0.6 is 0 Å². The molecular formula is C38H37F2N7O3. The molecule has 6 aromatic rings. The first-order chi connectivity index (χ1) is 24.1. The number of imidazole rings is 1. The summed E-state index contributed by atoms with van der Waals surface area (Å²) in [6.45, 7) is 5.12. The number of hydrogen-bond donors (Lipinski definition) is 2. The predicted octanol–water partition coefficient (Wildman–Crippen LogP) is 5.59. The number of hydrogen-bond acceptors (Lipinski definition) is 6. The summed E-state index contributed by atoms with van der Waals surface area (Å²) in [5, 5.41) is 6.42. The predicted molar refractivity (Wildman–Crippen MR) is 188 cm³/mol. The quantitative estimate of drug-likeness (QED) is 0.206. The lowest BCUT2D eigenvalue weighted by Crippen LogP contribution is -2.45. The normalized spacial score (nSPS) is 16.3. The molecule has 1 fully saturated rings. The molecule has 2 N–H and O–H groups in total. The van der Waals surface area contributed by atoms with Crippen molar-refractivity contribution in [1.29, 1.82) is 0 Å². The lowest BCUT2D eigenvalue weighted by Gasteiger charge is -2.30. The molecule has 1 aliphatic rings. The highest BCUT2D eigenvalue weighted by Crippen LogP contribution is 2.28. The van der Waals surface area contributed by atoms with Crippen molar-refractivity contribution in [1.82, 2.24) is 34.1 Å². The van der Waals surface area contributed by atoms with Crippen molar-refractivity contribution < 1.29 is 13.6 Å². The Labute approximate surface area is 286 Å². The van der Waals surface area contributed by atoms with Gasteiger partial charge in [0.05, 0.1) is 17.3 Å². The highest BCUT2D eigenvalue weighted by Gasteiger charge is 2.28. The fourth-order valence-electron chi connectivity index (χ4n) is 6.74. The van der Waals surface area contributed by atoms with E-state index in [1.165, 1.54) is 43.6 Å². The third kappa shape index (κ3) is 6.71. The summed E-state index contributed by atoms with van der Waals surface area (Å²) in [6.07, 6.45) is 6.51. The van der Waals surface area contributed by atoms with Crippen molar-refractivity contribution in [3.63, 3.8) is 0 Å². The van der Waals surface area contributed by atoms with Crippen LogP contribution in [0.25, 0.3) is 33.5 Å². The zero-order chi connectivity index (χ0) is 34.9. The van der Waals surface area contributed by atoms with Gasteiger partial charge in [-0.25, -0.2) is 28.1 Å². The van der Waals surface area contributed by atoms with E-state index in [2.05, 4.69) is 46.6 Å². The molecule has 50 heavy (non-hydrogen) atoms. The number of amides is 1. The number of halogens is 2. The second-order valence-electron chi connectivity index (χ2n) is 13.1. The second-order valence-corrected chi connectivity index (χ2v) is 13.1. The molecule has 7 rings (SSSR count). The molecule has 1 saturated carbocycles. The summed E-state index contributed by atoms with van der Waals surface area (Å²) in [5.74, 6) is -1.50. The molecule has 0 saturated heterocycles. The standard InChI is InChI=1S/C38H37F2N7O3/c1-23(2)41-17-16-24-6-8-25(9-7-24)26-4-3-5-31(18-26)46-35-32(19-28(40)20-42-35)37(49)47(38(46)50)30-13-11-29(12-14-30)43-36(48)33-22-45-21-27(39)10-15-34(45)44-33/h3-10,15,18-23,29-30,41H,11-14,16-17H2,1-2H3,(H,43,48)/t29-,30+. The Morgan fingerprint density at radius 2 is 1.70 bits per heavy atom. The van der Waals surface area contributed by atoms with E-state index in [9.17, 15) is 23.2 Å². The average molecular weight is 678 g/mol. The minimum atomic E-state index is -0.676. The fraction of sp³-hybridized carbons (Fsp3) is 0.289. The summed E-state index contributed by atoms with van der Waals surface area (Å²) < 4.78 is 32.1. The summed E-state index contributed by atoms with van der Waals surface area (Å²) in [7, 11) is 0. The van der Waals surface area contributed by atoms with Crippen LogP contribution in [0.2, 0.25) is 0 Å². The summed E-state index contributed by atoms with van der Waals surface area (Å²) in [6, 6.07) is 19.3. The van der Waals surface area contributed by atoms with E-state index in [-0.39, 0.29) is 28.7 Å². The largest absolute Gasteiger partial charge is 0.348 e. The molecule has 1 aliphatic carbocycles. The molecule has 0 radical (unpaired) electrons. The fourth-order valence-corrected chi connectivity index (χ4v) is 6.74. The highest BCUT2D eigenvalue weighted by molar-refractivity contribution is 5.93. The molecule has 12 heteroatoms. The van der Waals surface area contributed by atoms with E-state index in [0.717, 1.165) is 36.4 Å². The number of nitrogens with one attached hydrogen (secondary N) is 2. The molecule has 2 aromatic carbocycles. The molecule has 0 atom stereocenters. The van der Waals surface area contributed by atoms with Crippen molar-refractivity contribution >= 4 is 22.6 Å². The zero-order valence-electron chi connectivity index (χ0n) is 27.8. The number of carbonyl (C=O) groups excluding carboxylic acids is 1. The molecule has 4 aromatic heterocycles. The summed E-state index contributed by atoms with van der Waals surface area (Å²) in [4.78, 5) is 49.5. The minimum absolute atomic E-state index is 0.00748. The van der Waals surface area contributed by atoms with Gasteiger partial charge in [0.2, 0.25) is 0 Å². The number of pyridine rings is 2. The molecule has 0 aliphatic heterocycles. The van der Waals surface area contributed by atoms with Crippen LogP contribution in [0.15, 0.2) is 94.9 Å². The Kier molecular flexibility index (Phi) is 9.11. The van der Waals surface area contributed by atoms with Gasteiger partial charge < -0.3 is 15.0 Å². The molecule has 10 nitrogen and oxygen atoms in total. The van der Waals surface area contributed by atoms with Crippen molar-refractivity contribution in [3.8, 4) is 16.8 Å². The number of nitrogens with zero attached hydrogens (tertiary/aromatic N) is 5. The van der Waals surface area contributed by atoms with E-state index in [1.54, 1.807) is 6.07 Å². The topological polar surface area (TPSA) is 115 Å². The van der Waals surface area contributed by atoms with Gasteiger partial charge in [-0.15, -0.1) is 0 Å². The highest BCUT2D eigenvalue weighted by atomic mass is 19.1. The SMILES string of the molecule is CC(C)NCCc1ccc(-c2cccc(-n3c(=O)n([C@H]4CC[C@@H](NC(=O)c5cn6cc(F)ccc6n5)CC4)c(=O)c4cc(F)cnc43)c2)cc1. The van der Waals surface area contributed by atoms with E-state index >= 15 is 0 Å². The Hall–Kier alpha value is -5.49. The number of fused-ring (bicyclic) bond motifs is 2. The van der Waals surface area contributed by atoms with Crippen LogP contribution in [0.3, 0.4) is 0 Å². The lowest BCUT2D eigenvalue weighted by atomic mass is 9.90. The maximum atomic E-state index is 14.5. The van der Waals surface area contributed by atoms with Crippen molar-refractivity contribution in [3.05, 3.63) is 129 Å². The van der Waals surface area contributed by atoms with Gasteiger partial charge in [-0.3, -0.25) is 14.2 Å². The third-order valence-corrected chi connectivity index (χ3v) is 9.29. The monoisotopic (exact) mass is 677 g/mol. The van der Waals surface area contributed by atoms with E-state index in [1.807, 2.05) is 30.3 Å². The first-order valence-electron chi connectivity index (χ1n) is 16.9. The van der Waals surface area contributed by atoms with Gasteiger partial charge in [0.15, 0.2) is 5.65 Å². The van der Waals surface area contributed by atoms with Gasteiger partial charge in [-0.05, 0) is 85.7 Å². The van der Waals surface area contributed by atoms with Crippen molar-refractivity contribution in [2.24, 2.45) is 0 Å². The maximum Gasteiger partial charge on any atom is 0.337 e. The Bertz CT molecular complexity index is 2320. The molecule has 0 spiro atoms. The molecule has 4 heterocycles. The van der Waals surface area contributed by atoms with E-state index in [4.69, 9.17) is 0 Å². The summed E-state index contributed by atoms with van der Waals surface area (Å²) >= 11 is 0. The molecule has 256 valence electrons. The molecule has 1 amide bonds. The number of rotatable bonds is 9. The first-order valence-corrected chi connectivity index (χ1v) is 16.9. The third-order valence-electron chi connectivity index (χ3n) is 9.29. The van der Waals surface area contributed by atoms with Crippen LogP contribution in [0, 0.1) is 11.6 Å². The smallest absolute Gasteiger partial charge is 0.337 e. The second kappa shape index (κ2) is 13.8. The van der Waals surface area contributed by atoms with Crippen molar-refractivity contribution in [2.45, 2.75) is 64.1 Å². The molecular weight excluding hydrogens is 640 g/mol. The molecule has 0 bridgehead atoms. The van der Waals surface area contributed by atoms with E-state index < -0.39 is 28.9 Å². The van der Waals surface area contributed by atoms with Gasteiger partial charge in [0, 0.05) is 30.5 Å². The number of benzene rings is 2. The van der Waals surface area contributed by atoms with Crippen LogP contribution in [0.5, 0.6) is 0 Å². The Balaban J connectivity index is 1.15. The maximum absolute atomic E-state index is 14.5. The molecule has 0 unspecified atom stereocenters. The first kappa shape index (κ1) is 33.0. The van der Waals surface area contributed by atoms with Crippen LogP contribution < -0.4 is 21.9 Å². The van der Waals surface area contributed by atoms with Gasteiger partial charge in [0.25, 0.3) is 11.5 Å². The van der Waals surface area contributed by atoms with Crippen molar-refractivity contribution in [2.75, 3.05) is 6.54 Å². The van der Waals surface area contributed by atoms with Crippen LogP contribution in [-0.2, 0) is 6.42 Å². The Morgan fingerprint density at radius 1 is 0.920 bits per heavy atom. The van der Waals surface area contributed by atoms with Gasteiger partial charge in [0.1, 0.15) is 23.0 Å². The van der Waals surface area contributed by atoms with E-state index in [0.29, 0.717) is 43.1 Å². The number of aromatic nitrogens is 5. The number of carbonyl (C=O) groups is 1. The van der Waals surface area contributed by atoms with Crippen LogP contribution in [-0.4, -0.2) is 48.0 Å². The lowest BCUT2D eigenvalue weighted by molar-refractivity contribution is 0.0917. The Morgan fingerprint density at radius 3 is 2.46 bits per heavy atom. The zero-order valence-corrected chi connectivity index (χ0v) is 27.8. The average Bonchev–Trinajstić information content (AvgIpc) is 3.53. The summed E-state index contributed by atoms with van der Waals surface area (Å²) in [5.41, 5.74) is 3.09. The van der Waals surface area contributed by atoms with Gasteiger partial charge >= 0.3 is 5.69 Å². The minimum Gasteiger partial charge on any atom is -0.348 e. The van der Waals surface area contributed by atoms with Gasteiger partial charge in [-0.1, -0.05) is 50.2 Å². The van der Waals surface area contributed by atoms with Crippen LogP contribution in [0.4, 0.5) is 8.78 Å². The van der Waals surface area contributed by atoms with Crippen LogP contribution in [0.1, 0.15) is 61.6 Å². The van der Waals surface area contributed by atoms with Gasteiger partial charge in [-0.2, -0.15) is 0 Å².